The summed E-state index contributed by atoms with van der Waals surface area (Å²) in [6.07, 6.45) is 2.80. The molecule has 0 bridgehead atoms. The van der Waals surface area contributed by atoms with Gasteiger partial charge in [0.2, 0.25) is 0 Å². The molecule has 6 heteroatoms. The lowest BCUT2D eigenvalue weighted by atomic mass is 10.0. The molecule has 1 aromatic rings. The average molecular weight is 379 g/mol. The van der Waals surface area contributed by atoms with Crippen molar-refractivity contribution in [1.82, 2.24) is 0 Å². The van der Waals surface area contributed by atoms with Gasteiger partial charge in [-0.05, 0) is 36.3 Å². The van der Waals surface area contributed by atoms with Crippen LogP contribution in [0.1, 0.15) is 32.6 Å². The first-order valence-corrected chi connectivity index (χ1v) is 12.0. The van der Waals surface area contributed by atoms with Crippen molar-refractivity contribution in [3.05, 3.63) is 42.2 Å². The number of fused-ring (bicyclic) bond motifs is 1. The molecule has 0 radical (unpaired) electrons. The minimum Gasteiger partial charge on any atom is -0.497 e. The fraction of sp³-hybridized carbons (Fsp3) is 0.600. The third-order valence-corrected chi connectivity index (χ3v) is 10.0. The van der Waals surface area contributed by atoms with Crippen LogP contribution in [0.2, 0.25) is 18.1 Å². The Labute approximate surface area is 157 Å². The molecule has 0 aromatic heterocycles. The predicted octanol–water partition coefficient (Wildman–Crippen LogP) is 4.41. The first-order chi connectivity index (χ1) is 12.2. The Morgan fingerprint density at radius 3 is 2.42 bits per heavy atom. The monoisotopic (exact) mass is 378 g/mol. The van der Waals surface area contributed by atoms with Crippen LogP contribution < -0.4 is 4.74 Å². The number of benzene rings is 1. The van der Waals surface area contributed by atoms with Gasteiger partial charge in [-0.15, -0.1) is 0 Å². The molecule has 144 valence electrons. The molecule has 2 heterocycles. The van der Waals surface area contributed by atoms with Gasteiger partial charge in [-0.1, -0.05) is 32.9 Å². The van der Waals surface area contributed by atoms with Crippen molar-refractivity contribution in [2.75, 3.05) is 13.7 Å². The van der Waals surface area contributed by atoms with Gasteiger partial charge in [-0.2, -0.15) is 0 Å². The highest BCUT2D eigenvalue weighted by Gasteiger charge is 2.46. The highest BCUT2D eigenvalue weighted by Crippen LogP contribution is 2.40. The number of ether oxygens (including phenoxy) is 4. The van der Waals surface area contributed by atoms with Crippen LogP contribution in [0.15, 0.2) is 36.6 Å². The molecule has 0 saturated carbocycles. The molecule has 5 nitrogen and oxygen atoms in total. The Balaban J connectivity index is 1.75. The van der Waals surface area contributed by atoms with E-state index in [1.165, 1.54) is 0 Å². The molecule has 2 aliphatic rings. The molecular formula is C20H30O5Si. The molecule has 1 saturated heterocycles. The van der Waals surface area contributed by atoms with E-state index in [1.54, 1.807) is 13.4 Å². The van der Waals surface area contributed by atoms with E-state index < -0.39 is 14.6 Å². The number of hydrogen-bond acceptors (Lipinski definition) is 5. The van der Waals surface area contributed by atoms with Gasteiger partial charge in [0.15, 0.2) is 20.7 Å². The Morgan fingerprint density at radius 2 is 1.81 bits per heavy atom. The van der Waals surface area contributed by atoms with Crippen molar-refractivity contribution in [3.63, 3.8) is 0 Å². The maximum absolute atomic E-state index is 6.60. The van der Waals surface area contributed by atoms with Crippen molar-refractivity contribution in [2.45, 2.75) is 63.5 Å². The number of rotatable bonds is 4. The van der Waals surface area contributed by atoms with Gasteiger partial charge in [0, 0.05) is 5.56 Å². The normalized spacial score (nSPS) is 29.0. The summed E-state index contributed by atoms with van der Waals surface area (Å²) in [5.41, 5.74) is 0.963. The lowest BCUT2D eigenvalue weighted by Crippen LogP contribution is -2.54. The molecule has 3 rings (SSSR count). The van der Waals surface area contributed by atoms with Crippen LogP contribution in [0.3, 0.4) is 0 Å². The maximum atomic E-state index is 6.60. The van der Waals surface area contributed by atoms with Crippen LogP contribution in [-0.2, 0) is 18.6 Å². The molecule has 26 heavy (non-hydrogen) atoms. The highest BCUT2D eigenvalue weighted by molar-refractivity contribution is 6.74. The third kappa shape index (κ3) is 3.98. The van der Waals surface area contributed by atoms with Gasteiger partial charge in [-0.25, -0.2) is 0 Å². The molecule has 0 amide bonds. The van der Waals surface area contributed by atoms with Crippen molar-refractivity contribution in [3.8, 4) is 5.75 Å². The lowest BCUT2D eigenvalue weighted by Gasteiger charge is -2.45. The van der Waals surface area contributed by atoms with E-state index in [0.29, 0.717) is 6.61 Å². The first-order valence-electron chi connectivity index (χ1n) is 9.12. The second-order valence-corrected chi connectivity index (χ2v) is 13.1. The van der Waals surface area contributed by atoms with Crippen LogP contribution in [0, 0.1) is 0 Å². The average Bonchev–Trinajstić information content (AvgIpc) is 2.60. The summed E-state index contributed by atoms with van der Waals surface area (Å²) < 4.78 is 29.7. The zero-order valence-electron chi connectivity index (χ0n) is 16.5. The summed E-state index contributed by atoms with van der Waals surface area (Å²) in [4.78, 5) is 0. The van der Waals surface area contributed by atoms with Crippen LogP contribution in [0.4, 0.5) is 0 Å². The van der Waals surface area contributed by atoms with Gasteiger partial charge < -0.3 is 23.4 Å². The zero-order chi connectivity index (χ0) is 18.9. The van der Waals surface area contributed by atoms with E-state index in [0.717, 1.165) is 11.3 Å². The number of hydrogen-bond donors (Lipinski definition) is 0. The fourth-order valence-electron chi connectivity index (χ4n) is 2.84. The van der Waals surface area contributed by atoms with Gasteiger partial charge in [0.05, 0.1) is 26.1 Å². The van der Waals surface area contributed by atoms with E-state index in [2.05, 4.69) is 33.9 Å². The van der Waals surface area contributed by atoms with Crippen molar-refractivity contribution < 1.29 is 23.4 Å². The van der Waals surface area contributed by atoms with Crippen molar-refractivity contribution in [1.29, 1.82) is 0 Å². The zero-order valence-corrected chi connectivity index (χ0v) is 17.5. The fourth-order valence-corrected chi connectivity index (χ4v) is 4.09. The Bertz CT molecular complexity index is 635. The molecule has 4 atom stereocenters. The smallest absolute Gasteiger partial charge is 0.193 e. The SMILES string of the molecule is COc1ccc([C@@H]2OC[C@H]3OC=C[C@H](O[Si](C)(C)C(C)(C)C)[C@@H]3O2)cc1. The van der Waals surface area contributed by atoms with Gasteiger partial charge in [0.25, 0.3) is 0 Å². The predicted molar refractivity (Wildman–Crippen MR) is 103 cm³/mol. The third-order valence-electron chi connectivity index (χ3n) is 5.53. The van der Waals surface area contributed by atoms with Crippen molar-refractivity contribution in [2.24, 2.45) is 0 Å². The van der Waals surface area contributed by atoms with E-state index >= 15 is 0 Å². The van der Waals surface area contributed by atoms with Gasteiger partial charge >= 0.3 is 0 Å². The van der Waals surface area contributed by atoms with Crippen molar-refractivity contribution >= 4 is 8.32 Å². The molecule has 0 unspecified atom stereocenters. The Morgan fingerprint density at radius 1 is 1.12 bits per heavy atom. The molecule has 0 N–H and O–H groups in total. The second kappa shape index (κ2) is 7.35. The molecule has 1 aromatic carbocycles. The van der Waals surface area contributed by atoms with Crippen LogP contribution in [0.5, 0.6) is 5.75 Å². The largest absolute Gasteiger partial charge is 0.497 e. The Kier molecular flexibility index (Phi) is 5.49. The van der Waals surface area contributed by atoms with Crippen LogP contribution >= 0.6 is 0 Å². The first kappa shape index (κ1) is 19.4. The second-order valence-electron chi connectivity index (χ2n) is 8.38. The molecular weight excluding hydrogens is 348 g/mol. The van der Waals surface area contributed by atoms with E-state index in [4.69, 9.17) is 23.4 Å². The quantitative estimate of drug-likeness (QED) is 0.726. The van der Waals surface area contributed by atoms with Gasteiger partial charge in [0.1, 0.15) is 11.9 Å². The van der Waals surface area contributed by atoms with Crippen LogP contribution in [-0.4, -0.2) is 40.3 Å². The molecule has 1 fully saturated rings. The summed E-state index contributed by atoms with van der Waals surface area (Å²) in [6, 6.07) is 7.75. The molecule has 0 aliphatic carbocycles. The topological polar surface area (TPSA) is 46.2 Å². The summed E-state index contributed by atoms with van der Waals surface area (Å²) in [5, 5.41) is 0.134. The van der Waals surface area contributed by atoms with Gasteiger partial charge in [-0.3, -0.25) is 0 Å². The Hall–Kier alpha value is -1.34. The van der Waals surface area contributed by atoms with E-state index in [1.807, 2.05) is 30.3 Å². The molecule has 2 aliphatic heterocycles. The summed E-state index contributed by atoms with van der Waals surface area (Å²) in [7, 11) is -0.272. The van der Waals surface area contributed by atoms with E-state index in [9.17, 15) is 0 Å². The molecule has 0 spiro atoms. The highest BCUT2D eigenvalue weighted by atomic mass is 28.4. The van der Waals surface area contributed by atoms with E-state index in [-0.39, 0.29) is 23.4 Å². The minimum atomic E-state index is -1.93. The minimum absolute atomic E-state index is 0.126. The lowest BCUT2D eigenvalue weighted by molar-refractivity contribution is -0.274. The summed E-state index contributed by atoms with van der Waals surface area (Å²) >= 11 is 0. The summed E-state index contributed by atoms with van der Waals surface area (Å²) in [6.45, 7) is 11.7. The number of methoxy groups -OCH3 is 1. The standard InChI is InChI=1S/C20H30O5Si/c1-20(2,3)26(5,6)25-16-11-12-22-17-13-23-19(24-18(16)17)14-7-9-15(21-4)10-8-14/h7-12,16-19H,13H2,1-6H3/t16-,17+,18-,19+/m0/s1. The van der Waals surface area contributed by atoms with Crippen LogP contribution in [0.25, 0.3) is 0 Å². The maximum Gasteiger partial charge on any atom is 0.193 e. The summed E-state index contributed by atoms with van der Waals surface area (Å²) in [5.74, 6) is 0.811.